The molecule has 0 aliphatic carbocycles. The van der Waals surface area contributed by atoms with Crippen LogP contribution in [0.5, 0.6) is 11.5 Å². The normalized spacial score (nSPS) is 10.9. The fraction of sp³-hybridized carbons (Fsp3) is 0.474. The highest BCUT2D eigenvalue weighted by Crippen LogP contribution is 2.30. The third kappa shape index (κ3) is 4.64. The molecule has 0 bridgehead atoms. The van der Waals surface area contributed by atoms with Gasteiger partial charge in [-0.3, -0.25) is 0 Å². The van der Waals surface area contributed by atoms with E-state index in [1.165, 1.54) is 35.6 Å². The first-order valence-corrected chi connectivity index (χ1v) is 9.23. The molecule has 2 rings (SSSR count). The standard InChI is InChI=1S/C19H25BrO2/c1-3-21-17-9-10-18-15(2)19(11-8-16(18)14-17)22-13-7-5-4-6-12-20/h8-11,14H,3-7,12-13H2,1-2H3. The van der Waals surface area contributed by atoms with Gasteiger partial charge in [-0.15, -0.1) is 0 Å². The van der Waals surface area contributed by atoms with Crippen LogP contribution in [0.4, 0.5) is 0 Å². The Morgan fingerprint density at radius 2 is 1.77 bits per heavy atom. The highest BCUT2D eigenvalue weighted by molar-refractivity contribution is 9.09. The summed E-state index contributed by atoms with van der Waals surface area (Å²) >= 11 is 3.46. The summed E-state index contributed by atoms with van der Waals surface area (Å²) in [5.41, 5.74) is 1.21. The van der Waals surface area contributed by atoms with Crippen LogP contribution in [0.1, 0.15) is 38.2 Å². The Kier molecular flexibility index (Phi) is 7.04. The molecule has 0 heterocycles. The first-order valence-electron chi connectivity index (χ1n) is 8.11. The molecule has 0 N–H and O–H groups in total. The van der Waals surface area contributed by atoms with Crippen molar-refractivity contribution >= 4 is 26.7 Å². The summed E-state index contributed by atoms with van der Waals surface area (Å²) in [6.45, 7) is 5.62. The average Bonchev–Trinajstić information content (AvgIpc) is 2.53. The zero-order chi connectivity index (χ0) is 15.8. The third-order valence-electron chi connectivity index (χ3n) is 3.81. The number of rotatable bonds is 9. The van der Waals surface area contributed by atoms with Crippen LogP contribution in [0.25, 0.3) is 10.8 Å². The second-order valence-electron chi connectivity index (χ2n) is 5.46. The second-order valence-corrected chi connectivity index (χ2v) is 6.25. The summed E-state index contributed by atoms with van der Waals surface area (Å²) in [6, 6.07) is 10.4. The van der Waals surface area contributed by atoms with Crippen molar-refractivity contribution in [3.05, 3.63) is 35.9 Å². The number of hydrogen-bond acceptors (Lipinski definition) is 2. The lowest BCUT2D eigenvalue weighted by Crippen LogP contribution is -1.99. The van der Waals surface area contributed by atoms with Gasteiger partial charge >= 0.3 is 0 Å². The molecular formula is C19H25BrO2. The van der Waals surface area contributed by atoms with E-state index in [2.05, 4.69) is 47.1 Å². The van der Waals surface area contributed by atoms with E-state index in [1.54, 1.807) is 0 Å². The summed E-state index contributed by atoms with van der Waals surface area (Å²) in [4.78, 5) is 0. The van der Waals surface area contributed by atoms with Gasteiger partial charge in [-0.25, -0.2) is 0 Å². The molecule has 0 unspecified atom stereocenters. The Hall–Kier alpha value is -1.22. The van der Waals surface area contributed by atoms with E-state index in [0.717, 1.165) is 29.9 Å². The predicted octanol–water partition coefficient (Wildman–Crippen LogP) is 5.88. The molecule has 0 spiro atoms. The Bertz CT molecular complexity index is 595. The molecule has 3 heteroatoms. The Morgan fingerprint density at radius 3 is 2.55 bits per heavy atom. The number of alkyl halides is 1. The quantitative estimate of drug-likeness (QED) is 0.408. The van der Waals surface area contributed by atoms with Gasteiger partial charge in [-0.05, 0) is 61.2 Å². The van der Waals surface area contributed by atoms with Crippen LogP contribution in [-0.2, 0) is 0 Å². The molecule has 22 heavy (non-hydrogen) atoms. The Balaban J connectivity index is 1.99. The third-order valence-corrected chi connectivity index (χ3v) is 4.37. The molecule has 2 aromatic rings. The van der Waals surface area contributed by atoms with Crippen LogP contribution in [0.2, 0.25) is 0 Å². The van der Waals surface area contributed by atoms with Crippen molar-refractivity contribution in [2.75, 3.05) is 18.5 Å². The minimum absolute atomic E-state index is 0.695. The van der Waals surface area contributed by atoms with E-state index in [0.29, 0.717) is 6.61 Å². The molecule has 0 saturated carbocycles. The van der Waals surface area contributed by atoms with Crippen molar-refractivity contribution in [1.82, 2.24) is 0 Å². The van der Waals surface area contributed by atoms with E-state index in [4.69, 9.17) is 9.47 Å². The molecule has 0 aromatic heterocycles. The maximum Gasteiger partial charge on any atom is 0.122 e. The summed E-state index contributed by atoms with van der Waals surface area (Å²) in [7, 11) is 0. The largest absolute Gasteiger partial charge is 0.494 e. The van der Waals surface area contributed by atoms with E-state index >= 15 is 0 Å². The van der Waals surface area contributed by atoms with Crippen LogP contribution in [-0.4, -0.2) is 18.5 Å². The number of unbranched alkanes of at least 4 members (excludes halogenated alkanes) is 3. The SMILES string of the molecule is CCOc1ccc2c(C)c(OCCCCCCBr)ccc2c1. The number of benzene rings is 2. The maximum atomic E-state index is 5.96. The van der Waals surface area contributed by atoms with Gasteiger partial charge in [0.25, 0.3) is 0 Å². The zero-order valence-corrected chi connectivity index (χ0v) is 15.1. The first kappa shape index (κ1) is 17.1. The van der Waals surface area contributed by atoms with Crippen molar-refractivity contribution in [2.24, 2.45) is 0 Å². The number of fused-ring (bicyclic) bond motifs is 1. The van der Waals surface area contributed by atoms with Crippen LogP contribution in [0.3, 0.4) is 0 Å². The Morgan fingerprint density at radius 1 is 0.955 bits per heavy atom. The van der Waals surface area contributed by atoms with E-state index in [-0.39, 0.29) is 0 Å². The highest BCUT2D eigenvalue weighted by atomic mass is 79.9. The van der Waals surface area contributed by atoms with Crippen LogP contribution < -0.4 is 9.47 Å². The van der Waals surface area contributed by atoms with Crippen molar-refractivity contribution < 1.29 is 9.47 Å². The van der Waals surface area contributed by atoms with Gasteiger partial charge in [0.05, 0.1) is 13.2 Å². The van der Waals surface area contributed by atoms with Crippen LogP contribution in [0.15, 0.2) is 30.3 Å². The predicted molar refractivity (Wildman–Crippen MR) is 97.6 cm³/mol. The Labute approximate surface area is 141 Å². The summed E-state index contributed by atoms with van der Waals surface area (Å²) < 4.78 is 11.5. The smallest absolute Gasteiger partial charge is 0.122 e. The summed E-state index contributed by atoms with van der Waals surface area (Å²) in [6.07, 6.45) is 4.87. The fourth-order valence-electron chi connectivity index (χ4n) is 2.59. The molecular weight excluding hydrogens is 340 g/mol. The lowest BCUT2D eigenvalue weighted by molar-refractivity contribution is 0.303. The monoisotopic (exact) mass is 364 g/mol. The van der Waals surface area contributed by atoms with E-state index in [1.807, 2.05) is 13.0 Å². The maximum absolute atomic E-state index is 5.96. The van der Waals surface area contributed by atoms with Crippen molar-refractivity contribution in [3.8, 4) is 11.5 Å². The molecule has 120 valence electrons. The van der Waals surface area contributed by atoms with Gasteiger partial charge in [0.2, 0.25) is 0 Å². The number of hydrogen-bond donors (Lipinski definition) is 0. The minimum atomic E-state index is 0.695. The molecule has 0 fully saturated rings. The molecule has 2 nitrogen and oxygen atoms in total. The van der Waals surface area contributed by atoms with Crippen molar-refractivity contribution in [2.45, 2.75) is 39.5 Å². The lowest BCUT2D eigenvalue weighted by atomic mass is 10.0. The van der Waals surface area contributed by atoms with E-state index < -0.39 is 0 Å². The second kappa shape index (κ2) is 9.04. The van der Waals surface area contributed by atoms with Gasteiger partial charge < -0.3 is 9.47 Å². The van der Waals surface area contributed by atoms with Gasteiger partial charge in [-0.1, -0.05) is 40.9 Å². The van der Waals surface area contributed by atoms with Crippen LogP contribution in [0, 0.1) is 6.92 Å². The lowest BCUT2D eigenvalue weighted by Gasteiger charge is -2.12. The minimum Gasteiger partial charge on any atom is -0.494 e. The molecule has 2 aromatic carbocycles. The molecule has 0 radical (unpaired) electrons. The number of halogens is 1. The topological polar surface area (TPSA) is 18.5 Å². The molecule has 0 aliphatic heterocycles. The fourth-order valence-corrected chi connectivity index (χ4v) is 2.98. The summed E-state index contributed by atoms with van der Waals surface area (Å²) in [5.74, 6) is 1.92. The highest BCUT2D eigenvalue weighted by Gasteiger charge is 2.06. The van der Waals surface area contributed by atoms with Gasteiger partial charge in [0, 0.05) is 5.33 Å². The molecule has 0 amide bonds. The molecule has 0 aliphatic rings. The summed E-state index contributed by atoms with van der Waals surface area (Å²) in [5, 5.41) is 3.54. The van der Waals surface area contributed by atoms with Gasteiger partial charge in [0.1, 0.15) is 11.5 Å². The average molecular weight is 365 g/mol. The van der Waals surface area contributed by atoms with Crippen LogP contribution >= 0.6 is 15.9 Å². The van der Waals surface area contributed by atoms with Crippen molar-refractivity contribution in [1.29, 1.82) is 0 Å². The molecule has 0 atom stereocenters. The van der Waals surface area contributed by atoms with Gasteiger partial charge in [-0.2, -0.15) is 0 Å². The van der Waals surface area contributed by atoms with E-state index in [9.17, 15) is 0 Å². The van der Waals surface area contributed by atoms with Crippen molar-refractivity contribution in [3.63, 3.8) is 0 Å². The molecule has 0 saturated heterocycles. The number of aryl methyl sites for hydroxylation is 1. The first-order chi connectivity index (χ1) is 10.8. The zero-order valence-electron chi connectivity index (χ0n) is 13.5. The number of ether oxygens (including phenoxy) is 2. The van der Waals surface area contributed by atoms with Gasteiger partial charge in [0.15, 0.2) is 0 Å².